The van der Waals surface area contributed by atoms with Crippen LogP contribution in [0.3, 0.4) is 0 Å². The SMILES string of the molecule is CO[Si]1(OC)CCC(S)C1. The Hall–Kier alpha value is 0.487. The summed E-state index contributed by atoms with van der Waals surface area (Å²) >= 11 is 4.39. The van der Waals surface area contributed by atoms with Crippen molar-refractivity contribution >= 4 is 21.2 Å². The topological polar surface area (TPSA) is 18.5 Å². The number of thiol groups is 1. The molecule has 0 aromatic heterocycles. The van der Waals surface area contributed by atoms with Crippen molar-refractivity contribution in [1.29, 1.82) is 0 Å². The zero-order valence-corrected chi connectivity index (χ0v) is 8.36. The summed E-state index contributed by atoms with van der Waals surface area (Å²) in [5, 5.41) is 0.506. The normalized spacial score (nSPS) is 30.9. The Bertz CT molecular complexity index is 116. The molecule has 1 heterocycles. The van der Waals surface area contributed by atoms with Gasteiger partial charge in [0.1, 0.15) is 0 Å². The third kappa shape index (κ3) is 1.56. The van der Waals surface area contributed by atoms with Crippen LogP contribution in [0, 0.1) is 0 Å². The minimum absolute atomic E-state index is 0.506. The number of hydrogen-bond donors (Lipinski definition) is 1. The molecule has 4 heteroatoms. The van der Waals surface area contributed by atoms with Gasteiger partial charge in [0.15, 0.2) is 0 Å². The van der Waals surface area contributed by atoms with Gasteiger partial charge in [-0.2, -0.15) is 12.6 Å². The number of hydrogen-bond acceptors (Lipinski definition) is 3. The monoisotopic (exact) mass is 178 g/mol. The predicted molar refractivity (Wildman–Crippen MR) is 46.8 cm³/mol. The first-order chi connectivity index (χ1) is 4.72. The maximum atomic E-state index is 5.39. The van der Waals surface area contributed by atoms with Crippen LogP contribution in [0.25, 0.3) is 0 Å². The van der Waals surface area contributed by atoms with Gasteiger partial charge >= 0.3 is 8.56 Å². The fraction of sp³-hybridized carbons (Fsp3) is 1.00. The smallest absolute Gasteiger partial charge is 0.338 e. The molecule has 1 fully saturated rings. The maximum absolute atomic E-state index is 5.39. The average Bonchev–Trinajstić information content (AvgIpc) is 2.33. The molecule has 0 spiro atoms. The van der Waals surface area contributed by atoms with Gasteiger partial charge in [-0.1, -0.05) is 0 Å². The minimum Gasteiger partial charge on any atom is -0.398 e. The molecular formula is C6H14O2SSi. The molecule has 1 atom stereocenters. The van der Waals surface area contributed by atoms with Gasteiger partial charge in [-0.3, -0.25) is 0 Å². The molecule has 1 unspecified atom stereocenters. The van der Waals surface area contributed by atoms with E-state index in [1.165, 1.54) is 0 Å². The highest BCUT2D eigenvalue weighted by Gasteiger charge is 2.42. The third-order valence-corrected chi connectivity index (χ3v) is 6.59. The Morgan fingerprint density at radius 2 is 2.00 bits per heavy atom. The van der Waals surface area contributed by atoms with E-state index in [-0.39, 0.29) is 0 Å². The van der Waals surface area contributed by atoms with E-state index >= 15 is 0 Å². The van der Waals surface area contributed by atoms with Crippen LogP contribution in [0.4, 0.5) is 0 Å². The van der Waals surface area contributed by atoms with E-state index in [0.29, 0.717) is 5.25 Å². The molecule has 1 aliphatic heterocycles. The largest absolute Gasteiger partial charge is 0.398 e. The highest BCUT2D eigenvalue weighted by molar-refractivity contribution is 7.81. The summed E-state index contributed by atoms with van der Waals surface area (Å²) in [6, 6.07) is 2.15. The minimum atomic E-state index is -1.72. The first kappa shape index (κ1) is 8.58. The predicted octanol–water partition coefficient (Wildman–Crippen LogP) is 1.42. The average molecular weight is 178 g/mol. The van der Waals surface area contributed by atoms with Gasteiger partial charge in [-0.15, -0.1) is 0 Å². The van der Waals surface area contributed by atoms with E-state index in [1.54, 1.807) is 14.2 Å². The Balaban J connectivity index is 2.51. The van der Waals surface area contributed by atoms with Gasteiger partial charge in [0, 0.05) is 25.5 Å². The van der Waals surface area contributed by atoms with E-state index in [2.05, 4.69) is 12.6 Å². The van der Waals surface area contributed by atoms with E-state index in [1.807, 2.05) is 0 Å². The maximum Gasteiger partial charge on any atom is 0.338 e. The van der Waals surface area contributed by atoms with Crippen LogP contribution in [0.1, 0.15) is 6.42 Å². The zero-order valence-electron chi connectivity index (χ0n) is 6.46. The van der Waals surface area contributed by atoms with Crippen molar-refractivity contribution in [3.8, 4) is 0 Å². The quantitative estimate of drug-likeness (QED) is 0.509. The van der Waals surface area contributed by atoms with Gasteiger partial charge in [0.05, 0.1) is 0 Å². The lowest BCUT2D eigenvalue weighted by Crippen LogP contribution is -2.36. The van der Waals surface area contributed by atoms with E-state index < -0.39 is 8.56 Å². The van der Waals surface area contributed by atoms with Crippen molar-refractivity contribution in [2.24, 2.45) is 0 Å². The molecule has 2 nitrogen and oxygen atoms in total. The summed E-state index contributed by atoms with van der Waals surface area (Å²) in [4.78, 5) is 0. The molecule has 1 rings (SSSR count). The van der Waals surface area contributed by atoms with Crippen molar-refractivity contribution in [2.45, 2.75) is 23.8 Å². The molecule has 0 radical (unpaired) electrons. The fourth-order valence-corrected chi connectivity index (χ4v) is 5.43. The van der Waals surface area contributed by atoms with Crippen molar-refractivity contribution < 1.29 is 8.85 Å². The van der Waals surface area contributed by atoms with E-state index in [9.17, 15) is 0 Å². The van der Waals surface area contributed by atoms with Gasteiger partial charge < -0.3 is 8.85 Å². The molecule has 0 N–H and O–H groups in total. The molecule has 0 aromatic carbocycles. The van der Waals surface area contributed by atoms with Gasteiger partial charge in [0.25, 0.3) is 0 Å². The van der Waals surface area contributed by atoms with E-state index in [4.69, 9.17) is 8.85 Å². The summed E-state index contributed by atoms with van der Waals surface area (Å²) in [5.41, 5.74) is 0. The van der Waals surface area contributed by atoms with E-state index in [0.717, 1.165) is 18.5 Å². The first-order valence-electron chi connectivity index (χ1n) is 3.51. The molecule has 0 aliphatic carbocycles. The Morgan fingerprint density at radius 1 is 1.40 bits per heavy atom. The molecule has 0 aromatic rings. The molecule has 0 amide bonds. The molecule has 0 bridgehead atoms. The molecular weight excluding hydrogens is 164 g/mol. The summed E-state index contributed by atoms with van der Waals surface area (Å²) in [7, 11) is 1.78. The Morgan fingerprint density at radius 3 is 2.20 bits per heavy atom. The van der Waals surface area contributed by atoms with Gasteiger partial charge in [-0.25, -0.2) is 0 Å². The Kier molecular flexibility index (Phi) is 2.79. The van der Waals surface area contributed by atoms with Crippen LogP contribution >= 0.6 is 12.6 Å². The van der Waals surface area contributed by atoms with Crippen molar-refractivity contribution in [1.82, 2.24) is 0 Å². The molecule has 1 saturated heterocycles. The lowest BCUT2D eigenvalue weighted by molar-refractivity contribution is 0.249. The summed E-state index contributed by atoms with van der Waals surface area (Å²) < 4.78 is 10.8. The first-order valence-corrected chi connectivity index (χ1v) is 6.25. The molecule has 0 saturated carbocycles. The summed E-state index contributed by atoms with van der Waals surface area (Å²) in [6.45, 7) is 0. The highest BCUT2D eigenvalue weighted by Crippen LogP contribution is 2.33. The standard InChI is InChI=1S/C6H14O2SSi/c1-7-10(8-2)4-3-6(9)5-10/h6,9H,3-5H2,1-2H3. The number of rotatable bonds is 2. The van der Waals surface area contributed by atoms with Crippen molar-refractivity contribution in [3.63, 3.8) is 0 Å². The lowest BCUT2D eigenvalue weighted by atomic mass is 10.4. The van der Waals surface area contributed by atoms with Crippen LogP contribution in [-0.2, 0) is 8.85 Å². The van der Waals surface area contributed by atoms with Crippen LogP contribution in [0.15, 0.2) is 0 Å². The molecule has 60 valence electrons. The van der Waals surface area contributed by atoms with Crippen molar-refractivity contribution in [2.75, 3.05) is 14.2 Å². The van der Waals surface area contributed by atoms with Crippen molar-refractivity contribution in [3.05, 3.63) is 0 Å². The Labute approximate surface area is 68.6 Å². The van der Waals surface area contributed by atoms with Gasteiger partial charge in [-0.05, 0) is 12.5 Å². The summed E-state index contributed by atoms with van der Waals surface area (Å²) in [5.74, 6) is 0. The highest BCUT2D eigenvalue weighted by atomic mass is 32.1. The molecule has 10 heavy (non-hydrogen) atoms. The van der Waals surface area contributed by atoms with Crippen LogP contribution in [0.2, 0.25) is 12.1 Å². The summed E-state index contributed by atoms with van der Waals surface area (Å²) in [6.07, 6.45) is 1.15. The second kappa shape index (κ2) is 3.26. The second-order valence-corrected chi connectivity index (χ2v) is 6.99. The fourth-order valence-electron chi connectivity index (χ4n) is 1.40. The third-order valence-electron chi connectivity index (χ3n) is 2.15. The van der Waals surface area contributed by atoms with Crippen LogP contribution in [-0.4, -0.2) is 28.0 Å². The van der Waals surface area contributed by atoms with Crippen LogP contribution in [0.5, 0.6) is 0 Å². The second-order valence-electron chi connectivity index (χ2n) is 2.72. The molecule has 1 aliphatic rings. The van der Waals surface area contributed by atoms with Crippen LogP contribution < -0.4 is 0 Å². The zero-order chi connectivity index (χ0) is 7.61. The van der Waals surface area contributed by atoms with Gasteiger partial charge in [0.2, 0.25) is 0 Å². The lowest BCUT2D eigenvalue weighted by Gasteiger charge is -2.21.